The van der Waals surface area contributed by atoms with Crippen LogP contribution in [0.2, 0.25) is 0 Å². The van der Waals surface area contributed by atoms with E-state index in [9.17, 15) is 0 Å². The van der Waals surface area contributed by atoms with E-state index < -0.39 is 0 Å². The van der Waals surface area contributed by atoms with Crippen molar-refractivity contribution in [3.8, 4) is 0 Å². The largest absolute Gasteiger partial charge is 0.330 e. The summed E-state index contributed by atoms with van der Waals surface area (Å²) >= 11 is 0. The minimum Gasteiger partial charge on any atom is -0.330 e. The van der Waals surface area contributed by atoms with E-state index in [0.29, 0.717) is 0 Å². The zero-order valence-electron chi connectivity index (χ0n) is 24.4. The van der Waals surface area contributed by atoms with Crippen LogP contribution >= 0.6 is 0 Å². The summed E-state index contributed by atoms with van der Waals surface area (Å²) in [6, 6.07) is 0. The van der Waals surface area contributed by atoms with Crippen molar-refractivity contribution >= 4 is 0 Å². The standard InChI is InChI=1S/C33H69N/c1-3-5-7-9-11-13-15-17-18-19-21-23-25-27-29-31-33(32-34)30-28-26-24-22-20-16-14-12-10-8-6-4-2/h33H,3-32,34H2,1-2H3. The maximum Gasteiger partial charge on any atom is -0.00489 e. The molecule has 1 unspecified atom stereocenters. The Labute approximate surface area is 218 Å². The quantitative estimate of drug-likeness (QED) is 0.102. The second-order valence-corrected chi connectivity index (χ2v) is 11.5. The van der Waals surface area contributed by atoms with Crippen LogP contribution in [-0.4, -0.2) is 6.54 Å². The van der Waals surface area contributed by atoms with Crippen LogP contribution in [0.3, 0.4) is 0 Å². The molecule has 0 amide bonds. The van der Waals surface area contributed by atoms with Gasteiger partial charge in [-0.05, 0) is 25.3 Å². The first-order valence-electron chi connectivity index (χ1n) is 16.5. The Balaban J connectivity index is 3.25. The molecule has 0 aliphatic carbocycles. The minimum absolute atomic E-state index is 0.796. The molecule has 0 rings (SSSR count). The van der Waals surface area contributed by atoms with Crippen LogP contribution in [0, 0.1) is 5.92 Å². The van der Waals surface area contributed by atoms with Crippen LogP contribution in [0.1, 0.15) is 200 Å². The van der Waals surface area contributed by atoms with Crippen molar-refractivity contribution in [3.05, 3.63) is 0 Å². The molecule has 0 aromatic carbocycles. The maximum atomic E-state index is 6.07. The van der Waals surface area contributed by atoms with Gasteiger partial charge in [0.1, 0.15) is 0 Å². The molecule has 0 radical (unpaired) electrons. The van der Waals surface area contributed by atoms with Gasteiger partial charge >= 0.3 is 0 Å². The van der Waals surface area contributed by atoms with Gasteiger partial charge in [0.15, 0.2) is 0 Å². The summed E-state index contributed by atoms with van der Waals surface area (Å²) < 4.78 is 0. The molecule has 0 aliphatic rings. The number of hydrogen-bond donors (Lipinski definition) is 1. The smallest absolute Gasteiger partial charge is 0.00489 e. The summed E-state index contributed by atoms with van der Waals surface area (Å²) in [4.78, 5) is 0. The van der Waals surface area contributed by atoms with Gasteiger partial charge in [0.2, 0.25) is 0 Å². The van der Waals surface area contributed by atoms with Crippen molar-refractivity contribution in [2.75, 3.05) is 6.54 Å². The molecular formula is C33H69N. The van der Waals surface area contributed by atoms with E-state index >= 15 is 0 Å². The van der Waals surface area contributed by atoms with E-state index in [4.69, 9.17) is 5.73 Å². The van der Waals surface area contributed by atoms with Crippen molar-refractivity contribution in [1.82, 2.24) is 0 Å². The molecule has 34 heavy (non-hydrogen) atoms. The molecule has 1 heteroatoms. The molecule has 0 aromatic heterocycles. The second kappa shape index (κ2) is 31.0. The van der Waals surface area contributed by atoms with Gasteiger partial charge < -0.3 is 5.73 Å². The van der Waals surface area contributed by atoms with Crippen molar-refractivity contribution < 1.29 is 0 Å². The Hall–Kier alpha value is -0.0400. The molecule has 206 valence electrons. The first-order chi connectivity index (χ1) is 16.8. The zero-order chi connectivity index (χ0) is 24.8. The molecule has 1 atom stereocenters. The molecule has 0 spiro atoms. The molecule has 2 N–H and O–H groups in total. The third-order valence-electron chi connectivity index (χ3n) is 8.02. The highest BCUT2D eigenvalue weighted by Crippen LogP contribution is 2.19. The second-order valence-electron chi connectivity index (χ2n) is 11.5. The van der Waals surface area contributed by atoms with Crippen LogP contribution in [0.5, 0.6) is 0 Å². The van der Waals surface area contributed by atoms with E-state index in [2.05, 4.69) is 13.8 Å². The zero-order valence-corrected chi connectivity index (χ0v) is 24.4. The van der Waals surface area contributed by atoms with Gasteiger partial charge in [-0.1, -0.05) is 187 Å². The van der Waals surface area contributed by atoms with Gasteiger partial charge in [-0.15, -0.1) is 0 Å². The van der Waals surface area contributed by atoms with Crippen molar-refractivity contribution in [1.29, 1.82) is 0 Å². The minimum atomic E-state index is 0.796. The summed E-state index contributed by atoms with van der Waals surface area (Å²) in [5.74, 6) is 0.796. The van der Waals surface area contributed by atoms with Gasteiger partial charge in [-0.2, -0.15) is 0 Å². The molecule has 1 nitrogen and oxygen atoms in total. The van der Waals surface area contributed by atoms with E-state index in [1.807, 2.05) is 0 Å². The topological polar surface area (TPSA) is 26.0 Å². The van der Waals surface area contributed by atoms with Crippen LogP contribution < -0.4 is 5.73 Å². The highest BCUT2D eigenvalue weighted by Gasteiger charge is 2.06. The van der Waals surface area contributed by atoms with Crippen molar-refractivity contribution in [2.24, 2.45) is 11.7 Å². The lowest BCUT2D eigenvalue weighted by molar-refractivity contribution is 0.409. The van der Waals surface area contributed by atoms with Crippen LogP contribution in [-0.2, 0) is 0 Å². The van der Waals surface area contributed by atoms with Gasteiger partial charge in [0.05, 0.1) is 0 Å². The summed E-state index contributed by atoms with van der Waals surface area (Å²) in [7, 11) is 0. The fourth-order valence-corrected chi connectivity index (χ4v) is 5.46. The lowest BCUT2D eigenvalue weighted by Gasteiger charge is -2.14. The first kappa shape index (κ1) is 34.0. The predicted octanol–water partition coefficient (Wildman–Crippen LogP) is 11.9. The van der Waals surface area contributed by atoms with Crippen LogP contribution in [0.15, 0.2) is 0 Å². The highest BCUT2D eigenvalue weighted by molar-refractivity contribution is 4.61. The van der Waals surface area contributed by atoms with Crippen LogP contribution in [0.25, 0.3) is 0 Å². The maximum absolute atomic E-state index is 6.07. The Morgan fingerprint density at radius 3 is 0.735 bits per heavy atom. The first-order valence-corrected chi connectivity index (χ1v) is 16.5. The van der Waals surface area contributed by atoms with E-state index in [-0.39, 0.29) is 0 Å². The Morgan fingerprint density at radius 1 is 0.324 bits per heavy atom. The average Bonchev–Trinajstić information content (AvgIpc) is 2.85. The third kappa shape index (κ3) is 28.2. The Bertz CT molecular complexity index is 339. The molecule has 0 aliphatic heterocycles. The van der Waals surface area contributed by atoms with Crippen molar-refractivity contribution in [3.63, 3.8) is 0 Å². The van der Waals surface area contributed by atoms with E-state index in [1.165, 1.54) is 186 Å². The van der Waals surface area contributed by atoms with Crippen molar-refractivity contribution in [2.45, 2.75) is 200 Å². The molecule has 0 aromatic rings. The number of nitrogens with two attached hydrogens (primary N) is 1. The average molecular weight is 480 g/mol. The molecule has 0 heterocycles. The molecular weight excluding hydrogens is 410 g/mol. The van der Waals surface area contributed by atoms with Gasteiger partial charge in [-0.3, -0.25) is 0 Å². The number of unbranched alkanes of at least 4 members (excludes halogenated alkanes) is 25. The number of hydrogen-bond acceptors (Lipinski definition) is 1. The fraction of sp³-hybridized carbons (Fsp3) is 1.00. The number of rotatable bonds is 30. The summed E-state index contributed by atoms with van der Waals surface area (Å²) in [5.41, 5.74) is 6.07. The highest BCUT2D eigenvalue weighted by atomic mass is 14.5. The predicted molar refractivity (Wildman–Crippen MR) is 158 cm³/mol. The monoisotopic (exact) mass is 480 g/mol. The Morgan fingerprint density at radius 2 is 0.529 bits per heavy atom. The van der Waals surface area contributed by atoms with E-state index in [0.717, 1.165) is 12.5 Å². The molecule has 0 saturated carbocycles. The van der Waals surface area contributed by atoms with Crippen LogP contribution in [0.4, 0.5) is 0 Å². The van der Waals surface area contributed by atoms with Gasteiger partial charge in [0.25, 0.3) is 0 Å². The lowest BCUT2D eigenvalue weighted by atomic mass is 9.94. The molecule has 0 bridgehead atoms. The fourth-order valence-electron chi connectivity index (χ4n) is 5.46. The molecule has 0 fully saturated rings. The normalized spacial score (nSPS) is 12.4. The SMILES string of the molecule is CCCCCCCCCCCCCCCCCC(CN)CCCCCCCCCCCCCC. The summed E-state index contributed by atoms with van der Waals surface area (Å²) in [6.45, 7) is 5.52. The third-order valence-corrected chi connectivity index (χ3v) is 8.02. The lowest BCUT2D eigenvalue weighted by Crippen LogP contribution is -2.14. The van der Waals surface area contributed by atoms with E-state index in [1.54, 1.807) is 0 Å². The van der Waals surface area contributed by atoms with Gasteiger partial charge in [-0.25, -0.2) is 0 Å². The summed E-state index contributed by atoms with van der Waals surface area (Å²) in [5, 5.41) is 0. The van der Waals surface area contributed by atoms with Gasteiger partial charge in [0, 0.05) is 0 Å². The Kier molecular flexibility index (Phi) is 31.0. The summed E-state index contributed by atoms with van der Waals surface area (Å²) in [6.07, 6.45) is 41.9. The molecule has 0 saturated heterocycles.